The molecule has 1 aliphatic rings. The van der Waals surface area contributed by atoms with Crippen molar-refractivity contribution in [3.05, 3.63) is 29.8 Å². The van der Waals surface area contributed by atoms with E-state index in [2.05, 4.69) is 35.5 Å². The van der Waals surface area contributed by atoms with E-state index in [-0.39, 0.29) is 35.3 Å². The fraction of sp³-hybridized carbons (Fsp3) is 0.636. The molecule has 1 aromatic carbocycles. The average molecular weight is 516 g/mol. The first-order valence-electron chi connectivity index (χ1n) is 10.3. The Morgan fingerprint density at radius 2 is 1.86 bits per heavy atom. The van der Waals surface area contributed by atoms with Crippen LogP contribution in [0, 0.1) is 5.41 Å². The highest BCUT2D eigenvalue weighted by Crippen LogP contribution is 2.38. The maximum Gasteiger partial charge on any atom is 0.230 e. The molecule has 0 aromatic heterocycles. The highest BCUT2D eigenvalue weighted by atomic mass is 127. The Labute approximate surface area is 192 Å². The van der Waals surface area contributed by atoms with Crippen molar-refractivity contribution in [3.63, 3.8) is 0 Å². The molecule has 164 valence electrons. The number of carbonyl (C=O) groups is 1. The molecule has 1 aromatic rings. The number of halogens is 1. The maximum absolute atomic E-state index is 12.7. The van der Waals surface area contributed by atoms with Crippen molar-refractivity contribution in [3.8, 4) is 5.75 Å². The van der Waals surface area contributed by atoms with Crippen LogP contribution in [0.2, 0.25) is 0 Å². The standard InChI is InChI=1S/C22H36N4O2.HI/c1-17(2)18-10-6-7-11-19(18)28-15-14-24-21(23-3)25-16-22(12-8-9-13-22)20(27)26(4)5;/h6-7,10-11,17H,8-9,12-16H2,1-5H3,(H2,23,24,25);1H. The third kappa shape index (κ3) is 7.04. The number of hydrogen-bond acceptors (Lipinski definition) is 3. The first-order valence-corrected chi connectivity index (χ1v) is 10.3. The van der Waals surface area contributed by atoms with Crippen LogP contribution in [0.4, 0.5) is 0 Å². The number of hydrogen-bond donors (Lipinski definition) is 2. The summed E-state index contributed by atoms with van der Waals surface area (Å²) in [5.74, 6) is 2.28. The van der Waals surface area contributed by atoms with Crippen LogP contribution < -0.4 is 15.4 Å². The number of para-hydroxylation sites is 1. The molecule has 0 atom stereocenters. The molecular weight excluding hydrogens is 479 g/mol. The van der Waals surface area contributed by atoms with Crippen molar-refractivity contribution in [1.29, 1.82) is 0 Å². The normalized spacial score (nSPS) is 15.6. The second-order valence-corrected chi connectivity index (χ2v) is 8.08. The SMILES string of the molecule is CN=C(NCCOc1ccccc1C(C)C)NCC1(C(=O)N(C)C)CCCC1.I. The van der Waals surface area contributed by atoms with Crippen LogP contribution in [-0.4, -0.2) is 57.6 Å². The third-order valence-corrected chi connectivity index (χ3v) is 5.43. The molecule has 0 unspecified atom stereocenters. The Kier molecular flexibility index (Phi) is 10.8. The minimum atomic E-state index is -0.312. The summed E-state index contributed by atoms with van der Waals surface area (Å²) < 4.78 is 5.95. The first-order chi connectivity index (χ1) is 13.4. The molecule has 1 aliphatic carbocycles. The highest BCUT2D eigenvalue weighted by Gasteiger charge is 2.42. The molecule has 0 bridgehead atoms. The number of rotatable bonds is 8. The Morgan fingerprint density at radius 1 is 1.21 bits per heavy atom. The van der Waals surface area contributed by atoms with Crippen LogP contribution in [0.25, 0.3) is 0 Å². The van der Waals surface area contributed by atoms with Gasteiger partial charge < -0.3 is 20.3 Å². The van der Waals surface area contributed by atoms with Crippen LogP contribution >= 0.6 is 24.0 Å². The van der Waals surface area contributed by atoms with Crippen LogP contribution in [0.15, 0.2) is 29.3 Å². The van der Waals surface area contributed by atoms with Gasteiger partial charge in [-0.05, 0) is 30.4 Å². The van der Waals surface area contributed by atoms with E-state index < -0.39 is 0 Å². The fourth-order valence-electron chi connectivity index (χ4n) is 3.89. The Balaban J connectivity index is 0.00000420. The minimum absolute atomic E-state index is 0. The molecule has 0 saturated heterocycles. The number of carbonyl (C=O) groups excluding carboxylic acids is 1. The molecule has 0 radical (unpaired) electrons. The molecule has 1 saturated carbocycles. The average Bonchev–Trinajstić information content (AvgIpc) is 3.17. The number of nitrogens with one attached hydrogen (secondary N) is 2. The van der Waals surface area contributed by atoms with E-state index in [4.69, 9.17) is 4.74 Å². The van der Waals surface area contributed by atoms with Gasteiger partial charge in [0.25, 0.3) is 0 Å². The number of aliphatic imine (C=N–C) groups is 1. The maximum atomic E-state index is 12.7. The van der Waals surface area contributed by atoms with E-state index in [9.17, 15) is 4.79 Å². The Bertz CT molecular complexity index is 671. The van der Waals surface area contributed by atoms with Gasteiger partial charge in [0, 0.05) is 27.7 Å². The number of guanidine groups is 1. The van der Waals surface area contributed by atoms with Crippen molar-refractivity contribution < 1.29 is 9.53 Å². The molecule has 6 nitrogen and oxygen atoms in total. The van der Waals surface area contributed by atoms with Crippen molar-refractivity contribution in [1.82, 2.24) is 15.5 Å². The van der Waals surface area contributed by atoms with Gasteiger partial charge in [0.2, 0.25) is 5.91 Å². The molecule has 2 N–H and O–H groups in total. The number of amides is 1. The van der Waals surface area contributed by atoms with Gasteiger partial charge in [0.15, 0.2) is 5.96 Å². The predicted molar refractivity (Wildman–Crippen MR) is 130 cm³/mol. The van der Waals surface area contributed by atoms with E-state index in [0.29, 0.717) is 31.6 Å². The van der Waals surface area contributed by atoms with Crippen molar-refractivity contribution >= 4 is 35.8 Å². The van der Waals surface area contributed by atoms with E-state index in [1.165, 1.54) is 5.56 Å². The molecule has 7 heteroatoms. The van der Waals surface area contributed by atoms with Crippen LogP contribution in [0.1, 0.15) is 51.0 Å². The third-order valence-electron chi connectivity index (χ3n) is 5.43. The monoisotopic (exact) mass is 516 g/mol. The topological polar surface area (TPSA) is 66.0 Å². The smallest absolute Gasteiger partial charge is 0.230 e. The summed E-state index contributed by atoms with van der Waals surface area (Å²) in [7, 11) is 5.42. The Morgan fingerprint density at radius 3 is 2.45 bits per heavy atom. The van der Waals surface area contributed by atoms with Crippen LogP contribution in [0.5, 0.6) is 5.75 Å². The zero-order valence-corrected chi connectivity index (χ0v) is 20.8. The van der Waals surface area contributed by atoms with E-state index in [1.807, 2.05) is 32.3 Å². The van der Waals surface area contributed by atoms with Crippen LogP contribution in [0.3, 0.4) is 0 Å². The van der Waals surface area contributed by atoms with Gasteiger partial charge in [-0.3, -0.25) is 9.79 Å². The summed E-state index contributed by atoms with van der Waals surface area (Å²) in [5, 5.41) is 6.64. The molecule has 0 aliphatic heterocycles. The molecule has 29 heavy (non-hydrogen) atoms. The van der Waals surface area contributed by atoms with Gasteiger partial charge in [0.1, 0.15) is 12.4 Å². The number of benzene rings is 1. The zero-order chi connectivity index (χ0) is 20.6. The molecule has 2 rings (SSSR count). The summed E-state index contributed by atoms with van der Waals surface area (Å²) in [6.07, 6.45) is 4.08. The summed E-state index contributed by atoms with van der Waals surface area (Å²) >= 11 is 0. The highest BCUT2D eigenvalue weighted by molar-refractivity contribution is 14.0. The molecule has 0 spiro atoms. The van der Waals surface area contributed by atoms with Crippen molar-refractivity contribution in [2.75, 3.05) is 40.8 Å². The Hall–Kier alpha value is -1.51. The predicted octanol–water partition coefficient (Wildman–Crippen LogP) is 3.62. The molecule has 1 fully saturated rings. The quantitative estimate of drug-likeness (QED) is 0.240. The molecule has 0 heterocycles. The number of ether oxygens (including phenoxy) is 1. The molecular formula is C22H37IN4O2. The van der Waals surface area contributed by atoms with Gasteiger partial charge in [-0.2, -0.15) is 0 Å². The van der Waals surface area contributed by atoms with E-state index >= 15 is 0 Å². The second kappa shape index (κ2) is 12.2. The van der Waals surface area contributed by atoms with Crippen molar-refractivity contribution in [2.45, 2.75) is 45.4 Å². The van der Waals surface area contributed by atoms with Gasteiger partial charge in [-0.1, -0.05) is 44.9 Å². The van der Waals surface area contributed by atoms with Crippen molar-refractivity contribution in [2.24, 2.45) is 10.4 Å². The summed E-state index contributed by atoms with van der Waals surface area (Å²) in [6.45, 7) is 6.13. The lowest BCUT2D eigenvalue weighted by Gasteiger charge is -2.31. The van der Waals surface area contributed by atoms with Gasteiger partial charge >= 0.3 is 0 Å². The summed E-state index contributed by atoms with van der Waals surface area (Å²) in [5.41, 5.74) is 0.906. The molecule has 1 amide bonds. The zero-order valence-electron chi connectivity index (χ0n) is 18.5. The lowest BCUT2D eigenvalue weighted by atomic mass is 9.84. The second-order valence-electron chi connectivity index (χ2n) is 8.08. The summed E-state index contributed by atoms with van der Waals surface area (Å²) in [4.78, 5) is 18.7. The van der Waals surface area contributed by atoms with Gasteiger partial charge in [0.05, 0.1) is 12.0 Å². The lowest BCUT2D eigenvalue weighted by Crippen LogP contribution is -2.49. The lowest BCUT2D eigenvalue weighted by molar-refractivity contribution is -0.138. The van der Waals surface area contributed by atoms with E-state index in [0.717, 1.165) is 31.4 Å². The van der Waals surface area contributed by atoms with Crippen LogP contribution in [-0.2, 0) is 4.79 Å². The van der Waals surface area contributed by atoms with Gasteiger partial charge in [-0.15, -0.1) is 24.0 Å². The largest absolute Gasteiger partial charge is 0.491 e. The van der Waals surface area contributed by atoms with Gasteiger partial charge in [-0.25, -0.2) is 0 Å². The first kappa shape index (κ1) is 25.5. The fourth-order valence-corrected chi connectivity index (χ4v) is 3.89. The number of nitrogens with zero attached hydrogens (tertiary/aromatic N) is 2. The minimum Gasteiger partial charge on any atom is -0.491 e. The summed E-state index contributed by atoms with van der Waals surface area (Å²) in [6, 6.07) is 8.16. The van der Waals surface area contributed by atoms with E-state index in [1.54, 1.807) is 11.9 Å².